The highest BCUT2D eigenvalue weighted by atomic mass is 16.6. The Morgan fingerprint density at radius 2 is 1.33 bits per heavy atom. The van der Waals surface area contributed by atoms with Crippen LogP contribution in [0.4, 0.5) is 4.79 Å². The molecule has 2 aliphatic rings. The first-order valence-electron chi connectivity index (χ1n) is 15.6. The summed E-state index contributed by atoms with van der Waals surface area (Å²) in [6.07, 6.45) is 10.5. The second-order valence-electron chi connectivity index (χ2n) is 13.0. The summed E-state index contributed by atoms with van der Waals surface area (Å²) in [6.45, 7) is 6.37. The van der Waals surface area contributed by atoms with Crippen LogP contribution in [0.25, 0.3) is 44.4 Å². The normalized spacial score (nSPS) is 17.7. The number of carbonyl (C=O) groups is 1. The lowest BCUT2D eigenvalue weighted by Gasteiger charge is -2.27. The van der Waals surface area contributed by atoms with E-state index in [1.54, 1.807) is 4.90 Å². The van der Waals surface area contributed by atoms with Gasteiger partial charge in [-0.05, 0) is 86.1 Å². The molecule has 2 fully saturated rings. The molecule has 2 aromatic heterocycles. The van der Waals surface area contributed by atoms with Gasteiger partial charge in [0, 0.05) is 18.0 Å². The summed E-state index contributed by atoms with van der Waals surface area (Å²) in [6, 6.07) is 21.8. The van der Waals surface area contributed by atoms with E-state index < -0.39 is 5.60 Å². The smallest absolute Gasteiger partial charge is 0.410 e. The van der Waals surface area contributed by atoms with E-state index in [1.165, 1.54) is 47.6 Å². The Hall–Kier alpha value is -4.39. The van der Waals surface area contributed by atoms with Crippen LogP contribution in [0.15, 0.2) is 73.1 Å². The summed E-state index contributed by atoms with van der Waals surface area (Å²) in [5.41, 5.74) is 6.10. The number of hydrogen-bond acceptors (Lipinski definition) is 4. The molecule has 1 atom stereocenters. The van der Waals surface area contributed by atoms with E-state index in [9.17, 15) is 4.79 Å². The monoisotopic (exact) mass is 573 g/mol. The topological polar surface area (TPSA) is 86.9 Å². The number of fused-ring (bicyclic) bond motifs is 1. The molecule has 1 aliphatic carbocycles. The molecule has 7 rings (SSSR count). The number of aromatic nitrogens is 4. The van der Waals surface area contributed by atoms with Gasteiger partial charge in [-0.25, -0.2) is 14.8 Å². The highest BCUT2D eigenvalue weighted by molar-refractivity contribution is 5.90. The Kier molecular flexibility index (Phi) is 7.04. The fraction of sp³-hybridized carbons (Fsp3) is 0.361. The van der Waals surface area contributed by atoms with Crippen molar-refractivity contribution in [3.8, 4) is 33.6 Å². The minimum Gasteiger partial charge on any atom is -0.444 e. The van der Waals surface area contributed by atoms with Crippen LogP contribution >= 0.6 is 0 Å². The molecule has 7 nitrogen and oxygen atoms in total. The van der Waals surface area contributed by atoms with Crippen molar-refractivity contribution in [1.82, 2.24) is 24.8 Å². The fourth-order valence-corrected chi connectivity index (χ4v) is 6.57. The van der Waals surface area contributed by atoms with Crippen molar-refractivity contribution >= 4 is 16.9 Å². The van der Waals surface area contributed by atoms with E-state index in [-0.39, 0.29) is 12.1 Å². The molecule has 1 aliphatic heterocycles. The van der Waals surface area contributed by atoms with Gasteiger partial charge in [0.1, 0.15) is 17.2 Å². The van der Waals surface area contributed by atoms with Gasteiger partial charge in [0.25, 0.3) is 0 Å². The van der Waals surface area contributed by atoms with Gasteiger partial charge >= 0.3 is 6.09 Å². The summed E-state index contributed by atoms with van der Waals surface area (Å²) in [5.74, 6) is 2.53. The van der Waals surface area contributed by atoms with E-state index in [4.69, 9.17) is 9.72 Å². The van der Waals surface area contributed by atoms with E-state index in [0.29, 0.717) is 12.5 Å². The Morgan fingerprint density at radius 3 is 2.05 bits per heavy atom. The zero-order chi connectivity index (χ0) is 29.6. The van der Waals surface area contributed by atoms with Crippen LogP contribution < -0.4 is 0 Å². The molecule has 0 bridgehead atoms. The zero-order valence-electron chi connectivity index (χ0n) is 25.2. The molecule has 220 valence electrons. The average Bonchev–Trinajstić information content (AvgIpc) is 3.82. The number of rotatable bonds is 5. The Bertz CT molecular complexity index is 1750. The molecule has 5 aromatic rings. The van der Waals surface area contributed by atoms with E-state index in [2.05, 4.69) is 75.6 Å². The van der Waals surface area contributed by atoms with Crippen molar-refractivity contribution in [2.45, 2.75) is 76.9 Å². The van der Waals surface area contributed by atoms with E-state index in [1.807, 2.05) is 33.2 Å². The fourth-order valence-electron chi connectivity index (χ4n) is 6.57. The van der Waals surface area contributed by atoms with Crippen LogP contribution in [-0.4, -0.2) is 43.1 Å². The van der Waals surface area contributed by atoms with Gasteiger partial charge in [0.2, 0.25) is 0 Å². The maximum absolute atomic E-state index is 12.8. The number of carbonyl (C=O) groups excluding carboxylic acids is 1. The standard InChI is InChI=1S/C36H39N5O2/c1-36(2,3)43-35(42)41-18-6-9-32(41)34-38-21-30(40-34)24-12-10-23(11-13-24)26-14-15-28-20-29(17-16-27(28)19-26)31-22-37-33(39-31)25-7-4-5-8-25/h10-17,19-22,25,32H,4-9,18H2,1-3H3,(H,37,39)(H,38,40). The van der Waals surface area contributed by atoms with Gasteiger partial charge in [0.15, 0.2) is 0 Å². The van der Waals surface area contributed by atoms with E-state index >= 15 is 0 Å². The molecule has 3 heterocycles. The predicted molar refractivity (Wildman–Crippen MR) is 171 cm³/mol. The van der Waals surface area contributed by atoms with Gasteiger partial charge in [-0.1, -0.05) is 61.4 Å². The zero-order valence-corrected chi connectivity index (χ0v) is 25.2. The van der Waals surface area contributed by atoms with Gasteiger partial charge in [-0.2, -0.15) is 0 Å². The van der Waals surface area contributed by atoms with E-state index in [0.717, 1.165) is 47.0 Å². The van der Waals surface area contributed by atoms with Gasteiger partial charge < -0.3 is 14.7 Å². The Morgan fingerprint density at radius 1 is 0.744 bits per heavy atom. The largest absolute Gasteiger partial charge is 0.444 e. The lowest BCUT2D eigenvalue weighted by atomic mass is 9.98. The number of imidazole rings is 2. The lowest BCUT2D eigenvalue weighted by Crippen LogP contribution is -2.36. The first-order chi connectivity index (χ1) is 20.8. The SMILES string of the molecule is CC(C)(C)OC(=O)N1CCCC1c1ncc(-c2ccc(-c3ccc4cc(-c5cnc(C6CCCC6)[nH]5)ccc4c3)cc2)[nH]1. The van der Waals surface area contributed by atoms with Crippen molar-refractivity contribution < 1.29 is 9.53 Å². The van der Waals surface area contributed by atoms with Gasteiger partial charge in [-0.3, -0.25) is 4.90 Å². The summed E-state index contributed by atoms with van der Waals surface area (Å²) >= 11 is 0. The molecular weight excluding hydrogens is 534 g/mol. The highest BCUT2D eigenvalue weighted by Gasteiger charge is 2.34. The van der Waals surface area contributed by atoms with Crippen LogP contribution in [0.2, 0.25) is 0 Å². The molecule has 2 N–H and O–H groups in total. The molecule has 1 amide bonds. The summed E-state index contributed by atoms with van der Waals surface area (Å²) in [5, 5.41) is 2.43. The molecule has 1 saturated heterocycles. The summed E-state index contributed by atoms with van der Waals surface area (Å²) in [7, 11) is 0. The molecule has 0 spiro atoms. The van der Waals surface area contributed by atoms with Crippen LogP contribution in [0.3, 0.4) is 0 Å². The minimum atomic E-state index is -0.521. The molecular formula is C36H39N5O2. The number of nitrogens with zero attached hydrogens (tertiary/aromatic N) is 3. The molecule has 3 aromatic carbocycles. The Labute approximate surface area is 252 Å². The number of nitrogens with one attached hydrogen (secondary N) is 2. The Balaban J connectivity index is 1.06. The molecule has 1 unspecified atom stereocenters. The first-order valence-corrected chi connectivity index (χ1v) is 15.6. The van der Waals surface area contributed by atoms with Crippen LogP contribution in [0.5, 0.6) is 0 Å². The molecule has 43 heavy (non-hydrogen) atoms. The van der Waals surface area contributed by atoms with Crippen molar-refractivity contribution in [3.05, 3.63) is 84.7 Å². The molecule has 0 radical (unpaired) electrons. The summed E-state index contributed by atoms with van der Waals surface area (Å²) in [4.78, 5) is 31.0. The number of aromatic amines is 2. The number of likely N-dealkylation sites (tertiary alicyclic amines) is 1. The molecule has 1 saturated carbocycles. The van der Waals surface area contributed by atoms with Gasteiger partial charge in [0.05, 0.1) is 29.8 Å². The van der Waals surface area contributed by atoms with Crippen molar-refractivity contribution in [2.75, 3.05) is 6.54 Å². The number of amides is 1. The second kappa shape index (κ2) is 11.0. The second-order valence-corrected chi connectivity index (χ2v) is 13.0. The maximum atomic E-state index is 12.8. The average molecular weight is 574 g/mol. The predicted octanol–water partition coefficient (Wildman–Crippen LogP) is 9.02. The van der Waals surface area contributed by atoms with Gasteiger partial charge in [-0.15, -0.1) is 0 Å². The highest BCUT2D eigenvalue weighted by Crippen LogP contribution is 2.35. The number of ether oxygens (including phenoxy) is 1. The van der Waals surface area contributed by atoms with Crippen LogP contribution in [0, 0.1) is 0 Å². The third-order valence-electron chi connectivity index (χ3n) is 8.81. The third kappa shape index (κ3) is 5.68. The first kappa shape index (κ1) is 27.4. The summed E-state index contributed by atoms with van der Waals surface area (Å²) < 4.78 is 5.63. The maximum Gasteiger partial charge on any atom is 0.410 e. The van der Waals surface area contributed by atoms with Crippen molar-refractivity contribution in [1.29, 1.82) is 0 Å². The number of benzene rings is 3. The minimum absolute atomic E-state index is 0.0939. The van der Waals surface area contributed by atoms with Crippen molar-refractivity contribution in [2.24, 2.45) is 0 Å². The molecule has 7 heteroatoms. The van der Waals surface area contributed by atoms with Crippen LogP contribution in [0.1, 0.15) is 82.9 Å². The lowest BCUT2D eigenvalue weighted by molar-refractivity contribution is 0.0218. The number of H-pyrrole nitrogens is 2. The van der Waals surface area contributed by atoms with Crippen molar-refractivity contribution in [3.63, 3.8) is 0 Å². The number of hydrogen-bond donors (Lipinski definition) is 2. The third-order valence-corrected chi connectivity index (χ3v) is 8.81. The van der Waals surface area contributed by atoms with Crippen LogP contribution in [-0.2, 0) is 4.74 Å². The quantitative estimate of drug-likeness (QED) is 0.220.